The van der Waals surface area contributed by atoms with Crippen LogP contribution in [0.2, 0.25) is 0 Å². The zero-order chi connectivity index (χ0) is 13.7. The molecule has 5 nitrogen and oxygen atoms in total. The first-order valence-corrected chi connectivity index (χ1v) is 6.01. The molecular weight excluding hydrogens is 240 g/mol. The van der Waals surface area contributed by atoms with Crippen LogP contribution in [-0.4, -0.2) is 30.8 Å². The van der Waals surface area contributed by atoms with E-state index in [1.807, 2.05) is 59.2 Å². The largest absolute Gasteiger partial charge is 0.309 e. The predicted molar refractivity (Wildman–Crippen MR) is 74.8 cm³/mol. The highest BCUT2D eigenvalue weighted by molar-refractivity contribution is 5.82. The van der Waals surface area contributed by atoms with Gasteiger partial charge < -0.3 is 4.90 Å². The molecule has 0 N–H and O–H groups in total. The number of hydrogen-bond donors (Lipinski definition) is 0. The quantitative estimate of drug-likeness (QED) is 0.447. The maximum atomic E-state index is 11.1. The first-order valence-electron chi connectivity index (χ1n) is 6.01. The average Bonchev–Trinajstić information content (AvgIpc) is 2.87. The molecule has 0 unspecified atom stereocenters. The molecule has 0 atom stereocenters. The number of imidazole rings is 1. The highest BCUT2D eigenvalue weighted by atomic mass is 16.1. The average molecular weight is 257 g/mol. The van der Waals surface area contributed by atoms with E-state index in [4.69, 9.17) is 0 Å². The minimum atomic E-state index is 0.475. The van der Waals surface area contributed by atoms with Gasteiger partial charge in [-0.15, -0.1) is 0 Å². The number of rotatable bonds is 5. The van der Waals surface area contributed by atoms with E-state index in [9.17, 15) is 4.79 Å². The van der Waals surface area contributed by atoms with E-state index in [0.717, 1.165) is 17.8 Å². The van der Waals surface area contributed by atoms with Crippen molar-refractivity contribution in [1.29, 1.82) is 0 Å². The second-order valence-electron chi connectivity index (χ2n) is 4.20. The number of benzene rings is 1. The summed E-state index contributed by atoms with van der Waals surface area (Å²) >= 11 is 0. The van der Waals surface area contributed by atoms with Crippen LogP contribution < -0.4 is 9.47 Å². The molecule has 0 radical (unpaired) electrons. The summed E-state index contributed by atoms with van der Waals surface area (Å²) in [5.41, 5.74) is 1.86. The Hall–Kier alpha value is -2.43. The van der Waals surface area contributed by atoms with Gasteiger partial charge in [-0.25, -0.2) is 9.13 Å². The second kappa shape index (κ2) is 5.95. The molecule has 1 aromatic heterocycles. The smallest absolute Gasteiger partial charge is 0.248 e. The second-order valence-corrected chi connectivity index (χ2v) is 4.20. The summed E-state index contributed by atoms with van der Waals surface area (Å²) in [5.74, 6) is 0. The van der Waals surface area contributed by atoms with E-state index < -0.39 is 0 Å². The Morgan fingerprint density at radius 2 is 2.32 bits per heavy atom. The molecule has 1 aromatic carbocycles. The Balaban J connectivity index is 2.30. The molecule has 19 heavy (non-hydrogen) atoms. The normalized spacial score (nSPS) is 10.8. The molecule has 1 amide bonds. The lowest BCUT2D eigenvalue weighted by molar-refractivity contribution is -0.670. The van der Waals surface area contributed by atoms with E-state index >= 15 is 0 Å². The van der Waals surface area contributed by atoms with Crippen LogP contribution in [0.25, 0.3) is 5.69 Å². The number of nitrogens with zero attached hydrogens (tertiary/aromatic N) is 4. The van der Waals surface area contributed by atoms with Crippen molar-refractivity contribution >= 4 is 18.3 Å². The van der Waals surface area contributed by atoms with Crippen molar-refractivity contribution in [2.75, 3.05) is 18.5 Å². The summed E-state index contributed by atoms with van der Waals surface area (Å²) in [6.07, 6.45) is 8.43. The van der Waals surface area contributed by atoms with Crippen molar-refractivity contribution in [3.05, 3.63) is 43.0 Å². The highest BCUT2D eigenvalue weighted by Gasteiger charge is 2.08. The first-order chi connectivity index (χ1) is 9.24. The zero-order valence-corrected chi connectivity index (χ0v) is 11.1. The van der Waals surface area contributed by atoms with Gasteiger partial charge >= 0.3 is 0 Å². The van der Waals surface area contributed by atoms with Gasteiger partial charge in [0.2, 0.25) is 12.7 Å². The predicted octanol–water partition coefficient (Wildman–Crippen LogP) is 0.965. The fourth-order valence-electron chi connectivity index (χ4n) is 1.81. The maximum Gasteiger partial charge on any atom is 0.248 e. The minimum Gasteiger partial charge on any atom is -0.309 e. The number of carbonyl (C=O) groups is 1. The molecule has 5 heteroatoms. The van der Waals surface area contributed by atoms with Gasteiger partial charge in [0.25, 0.3) is 0 Å². The fourth-order valence-corrected chi connectivity index (χ4v) is 1.81. The van der Waals surface area contributed by atoms with E-state index in [0.29, 0.717) is 6.54 Å². The van der Waals surface area contributed by atoms with Gasteiger partial charge in [0.1, 0.15) is 18.1 Å². The van der Waals surface area contributed by atoms with Crippen molar-refractivity contribution in [3.63, 3.8) is 0 Å². The van der Waals surface area contributed by atoms with Gasteiger partial charge in [0.05, 0.1) is 13.6 Å². The zero-order valence-electron chi connectivity index (χ0n) is 11.1. The molecule has 2 rings (SSSR count). The summed E-state index contributed by atoms with van der Waals surface area (Å²) in [6, 6.07) is 7.81. The van der Waals surface area contributed by atoms with E-state index in [-0.39, 0.29) is 0 Å². The third-order valence-electron chi connectivity index (χ3n) is 2.82. The van der Waals surface area contributed by atoms with Gasteiger partial charge in [0, 0.05) is 25.0 Å². The molecule has 0 fully saturated rings. The van der Waals surface area contributed by atoms with Crippen molar-refractivity contribution in [2.45, 2.75) is 0 Å². The molecule has 0 saturated heterocycles. The van der Waals surface area contributed by atoms with E-state index in [1.54, 1.807) is 18.2 Å². The molecule has 1 heterocycles. The standard InChI is InChI=1S/C14H17N4O/c1-15-6-7-18(12-19)14-5-3-4-13(10-14)17-9-8-16(2)11-17/h3-6,8-12H,7H2,1-2H3/q+1. The van der Waals surface area contributed by atoms with Gasteiger partial charge in [-0.3, -0.25) is 9.79 Å². The number of aliphatic imine (C=N–C) groups is 1. The van der Waals surface area contributed by atoms with Crippen LogP contribution in [0.5, 0.6) is 0 Å². The third kappa shape index (κ3) is 3.07. The lowest BCUT2D eigenvalue weighted by atomic mass is 10.2. The minimum absolute atomic E-state index is 0.475. The van der Waals surface area contributed by atoms with Crippen molar-refractivity contribution in [1.82, 2.24) is 4.57 Å². The Bertz CT molecular complexity index is 589. The number of amides is 1. The molecule has 0 bridgehead atoms. The summed E-state index contributed by atoms with van der Waals surface area (Å²) in [6.45, 7) is 0.475. The van der Waals surface area contributed by atoms with Crippen LogP contribution in [0.1, 0.15) is 0 Å². The van der Waals surface area contributed by atoms with Crippen LogP contribution in [0.4, 0.5) is 5.69 Å². The Morgan fingerprint density at radius 3 is 2.95 bits per heavy atom. The topological polar surface area (TPSA) is 41.5 Å². The monoisotopic (exact) mass is 257 g/mol. The fraction of sp³-hybridized carbons (Fsp3) is 0.214. The van der Waals surface area contributed by atoms with Gasteiger partial charge in [0.15, 0.2) is 0 Å². The van der Waals surface area contributed by atoms with Crippen molar-refractivity contribution < 1.29 is 9.36 Å². The summed E-state index contributed by atoms with van der Waals surface area (Å²) < 4.78 is 3.97. The molecule has 0 aliphatic carbocycles. The van der Waals surface area contributed by atoms with E-state index in [1.165, 1.54) is 0 Å². The van der Waals surface area contributed by atoms with Gasteiger partial charge in [-0.05, 0) is 12.1 Å². The SMILES string of the molecule is CN=CCN(C=O)c1cccc(-n2cc[n+](C)c2)c1. The number of carbonyl (C=O) groups excluding carboxylic acids is 1. The molecule has 0 aliphatic rings. The number of aromatic nitrogens is 2. The maximum absolute atomic E-state index is 11.1. The lowest BCUT2D eigenvalue weighted by Gasteiger charge is -2.14. The van der Waals surface area contributed by atoms with Gasteiger partial charge in [-0.2, -0.15) is 0 Å². The Morgan fingerprint density at radius 1 is 1.47 bits per heavy atom. The highest BCUT2D eigenvalue weighted by Crippen LogP contribution is 2.17. The van der Waals surface area contributed by atoms with Crippen LogP contribution >= 0.6 is 0 Å². The molecule has 98 valence electrons. The lowest BCUT2D eigenvalue weighted by Crippen LogP contribution is -2.24. The Labute approximate surface area is 112 Å². The summed E-state index contributed by atoms with van der Waals surface area (Å²) in [7, 11) is 3.66. The van der Waals surface area contributed by atoms with Crippen LogP contribution in [0.15, 0.2) is 48.0 Å². The summed E-state index contributed by atoms with van der Waals surface area (Å²) in [4.78, 5) is 16.6. The molecule has 0 saturated carbocycles. The Kier molecular flexibility index (Phi) is 4.07. The third-order valence-corrected chi connectivity index (χ3v) is 2.82. The van der Waals surface area contributed by atoms with E-state index in [2.05, 4.69) is 4.99 Å². The summed E-state index contributed by atoms with van der Waals surface area (Å²) in [5, 5.41) is 0. The number of aryl methyl sites for hydroxylation is 1. The molecule has 2 aromatic rings. The first kappa shape index (κ1) is 13.0. The molecule has 0 spiro atoms. The molecular formula is C14H17N4O+. The van der Waals surface area contributed by atoms with Crippen LogP contribution in [0.3, 0.4) is 0 Å². The number of anilines is 1. The number of hydrogen-bond acceptors (Lipinski definition) is 2. The van der Waals surface area contributed by atoms with Crippen LogP contribution in [0, 0.1) is 0 Å². The van der Waals surface area contributed by atoms with Crippen LogP contribution in [-0.2, 0) is 11.8 Å². The van der Waals surface area contributed by atoms with Crippen molar-refractivity contribution in [3.8, 4) is 5.69 Å². The van der Waals surface area contributed by atoms with Gasteiger partial charge in [-0.1, -0.05) is 6.07 Å². The van der Waals surface area contributed by atoms with Crippen molar-refractivity contribution in [2.24, 2.45) is 12.0 Å². The molecule has 0 aliphatic heterocycles.